The van der Waals surface area contributed by atoms with E-state index in [0.29, 0.717) is 18.1 Å². The van der Waals surface area contributed by atoms with Crippen LogP contribution in [0.4, 0.5) is 5.82 Å². The number of pyridine rings is 1. The Morgan fingerprint density at radius 2 is 2.20 bits per heavy atom. The Bertz CT molecular complexity index is 758. The van der Waals surface area contributed by atoms with Gasteiger partial charge in [0.25, 0.3) is 0 Å². The summed E-state index contributed by atoms with van der Waals surface area (Å²) in [5, 5.41) is 0. The summed E-state index contributed by atoms with van der Waals surface area (Å²) in [6, 6.07) is 5.66. The number of fused-ring (bicyclic) bond motifs is 1. The molecule has 0 fully saturated rings. The van der Waals surface area contributed by atoms with Gasteiger partial charge in [0.2, 0.25) is 0 Å². The van der Waals surface area contributed by atoms with Gasteiger partial charge >= 0.3 is 0 Å². The highest BCUT2D eigenvalue weighted by Crippen LogP contribution is 2.20. The van der Waals surface area contributed by atoms with Gasteiger partial charge in [0.15, 0.2) is 12.1 Å². The van der Waals surface area contributed by atoms with Gasteiger partial charge < -0.3 is 9.47 Å². The van der Waals surface area contributed by atoms with Crippen LogP contribution in [0.3, 0.4) is 0 Å². The number of rotatable bonds is 4. The third-order valence-corrected chi connectivity index (χ3v) is 3.32. The first kappa shape index (κ1) is 12.4. The van der Waals surface area contributed by atoms with Gasteiger partial charge in [0.1, 0.15) is 17.2 Å². The van der Waals surface area contributed by atoms with Crippen LogP contribution in [0, 0.1) is 0 Å². The first-order valence-corrected chi connectivity index (χ1v) is 6.30. The molecule has 3 aromatic rings. The maximum atomic E-state index is 11.4. The van der Waals surface area contributed by atoms with Gasteiger partial charge in [-0.3, -0.25) is 9.20 Å². The molecule has 0 saturated heterocycles. The van der Waals surface area contributed by atoms with E-state index in [2.05, 4.69) is 9.97 Å². The van der Waals surface area contributed by atoms with Crippen LogP contribution in [0.25, 0.3) is 5.65 Å². The van der Waals surface area contributed by atoms with E-state index in [9.17, 15) is 4.79 Å². The number of hydrogen-bond acceptors (Lipinski definition) is 4. The summed E-state index contributed by atoms with van der Waals surface area (Å²) in [5.41, 5.74) is 1.31. The Morgan fingerprint density at radius 1 is 1.35 bits per heavy atom. The fourth-order valence-electron chi connectivity index (χ4n) is 2.23. The van der Waals surface area contributed by atoms with Crippen molar-refractivity contribution >= 4 is 17.8 Å². The number of aromatic nitrogens is 4. The molecule has 0 atom stereocenters. The van der Waals surface area contributed by atoms with E-state index >= 15 is 0 Å². The van der Waals surface area contributed by atoms with Crippen LogP contribution in [0.2, 0.25) is 0 Å². The number of imidazole rings is 2. The van der Waals surface area contributed by atoms with Crippen LogP contribution in [0.1, 0.15) is 16.3 Å². The molecule has 0 saturated carbocycles. The molecule has 0 bridgehead atoms. The highest BCUT2D eigenvalue weighted by atomic mass is 16.1. The average molecular weight is 269 g/mol. The molecule has 0 amide bonds. The number of hydrogen-bond donors (Lipinski definition) is 0. The van der Waals surface area contributed by atoms with E-state index in [-0.39, 0.29) is 0 Å². The first-order chi connectivity index (χ1) is 9.70. The fraction of sp³-hybridized carbons (Fsp3) is 0.214. The lowest BCUT2D eigenvalue weighted by atomic mass is 10.4. The Labute approximate surface area is 116 Å². The Kier molecular flexibility index (Phi) is 2.98. The molecule has 0 aromatic carbocycles. The molecule has 0 N–H and O–H groups in total. The van der Waals surface area contributed by atoms with Crippen molar-refractivity contribution in [1.82, 2.24) is 18.9 Å². The van der Waals surface area contributed by atoms with Crippen LogP contribution >= 0.6 is 0 Å². The molecule has 0 aliphatic rings. The van der Waals surface area contributed by atoms with Crippen LogP contribution < -0.4 is 4.90 Å². The Balaban J connectivity index is 2.01. The fourth-order valence-corrected chi connectivity index (χ4v) is 2.23. The predicted octanol–water partition coefficient (Wildman–Crippen LogP) is 1.52. The number of anilines is 1. The molecule has 20 heavy (non-hydrogen) atoms. The summed E-state index contributed by atoms with van der Waals surface area (Å²) in [5.74, 6) is 1.58. The minimum Gasteiger partial charge on any atom is -0.350 e. The third-order valence-electron chi connectivity index (χ3n) is 3.32. The highest BCUT2D eigenvalue weighted by molar-refractivity contribution is 5.83. The van der Waals surface area contributed by atoms with Crippen molar-refractivity contribution in [1.29, 1.82) is 0 Å². The van der Waals surface area contributed by atoms with E-state index in [4.69, 9.17) is 0 Å². The molecule has 3 rings (SSSR count). The maximum Gasteiger partial charge on any atom is 0.170 e. The van der Waals surface area contributed by atoms with Crippen molar-refractivity contribution in [3.63, 3.8) is 0 Å². The first-order valence-electron chi connectivity index (χ1n) is 6.30. The zero-order chi connectivity index (χ0) is 14.1. The molecule has 0 aliphatic carbocycles. The molecule has 6 nitrogen and oxygen atoms in total. The number of aryl methyl sites for hydroxylation is 1. The minimum atomic E-state index is 0.553. The summed E-state index contributed by atoms with van der Waals surface area (Å²) in [6.45, 7) is 0.591. The number of nitrogens with zero attached hydrogens (tertiary/aromatic N) is 5. The van der Waals surface area contributed by atoms with Crippen LogP contribution in [-0.2, 0) is 13.6 Å². The van der Waals surface area contributed by atoms with Gasteiger partial charge in [-0.15, -0.1) is 0 Å². The Morgan fingerprint density at radius 3 is 2.90 bits per heavy atom. The second-order valence-electron chi connectivity index (χ2n) is 4.68. The molecule has 3 heterocycles. The second-order valence-corrected chi connectivity index (χ2v) is 4.68. The van der Waals surface area contributed by atoms with Crippen LogP contribution in [0.5, 0.6) is 0 Å². The zero-order valence-corrected chi connectivity index (χ0v) is 11.4. The summed E-state index contributed by atoms with van der Waals surface area (Å²) in [6.07, 6.45) is 6.33. The maximum absolute atomic E-state index is 11.4. The number of aldehydes is 1. The monoisotopic (exact) mass is 269 g/mol. The topological polar surface area (TPSA) is 55.4 Å². The van der Waals surface area contributed by atoms with Crippen molar-refractivity contribution in [3.8, 4) is 0 Å². The molecule has 0 unspecified atom stereocenters. The lowest BCUT2D eigenvalue weighted by molar-refractivity contribution is 0.111. The van der Waals surface area contributed by atoms with Crippen molar-refractivity contribution in [3.05, 3.63) is 48.3 Å². The molecule has 6 heteroatoms. The van der Waals surface area contributed by atoms with E-state index < -0.39 is 0 Å². The summed E-state index contributed by atoms with van der Waals surface area (Å²) >= 11 is 0. The van der Waals surface area contributed by atoms with Gasteiger partial charge in [-0.2, -0.15) is 0 Å². The lowest BCUT2D eigenvalue weighted by Crippen LogP contribution is -2.20. The molecular weight excluding hydrogens is 254 g/mol. The average Bonchev–Trinajstić information content (AvgIpc) is 3.02. The van der Waals surface area contributed by atoms with E-state index in [1.165, 1.54) is 0 Å². The quantitative estimate of drug-likeness (QED) is 0.674. The predicted molar refractivity (Wildman–Crippen MR) is 75.9 cm³/mol. The molecule has 0 aliphatic heterocycles. The van der Waals surface area contributed by atoms with Gasteiger partial charge in [0.05, 0.1) is 6.54 Å². The number of carbonyl (C=O) groups excluding carboxylic acids is 1. The standard InChI is InChI=1S/C14H15N5O/c1-17-8-6-15-13(17)9-18(2)14-11(10-20)19-7-4-3-5-12(19)16-14/h3-8,10H,9H2,1-2H3. The minimum absolute atomic E-state index is 0.553. The van der Waals surface area contributed by atoms with Gasteiger partial charge in [0, 0.05) is 32.7 Å². The van der Waals surface area contributed by atoms with E-state index in [0.717, 1.165) is 17.8 Å². The second kappa shape index (κ2) is 4.80. The van der Waals surface area contributed by atoms with E-state index in [1.807, 2.05) is 54.2 Å². The zero-order valence-electron chi connectivity index (χ0n) is 11.4. The molecule has 0 spiro atoms. The highest BCUT2D eigenvalue weighted by Gasteiger charge is 2.16. The van der Waals surface area contributed by atoms with Crippen molar-refractivity contribution < 1.29 is 4.79 Å². The largest absolute Gasteiger partial charge is 0.350 e. The summed E-state index contributed by atoms with van der Waals surface area (Å²) in [4.78, 5) is 22.1. The molecule has 102 valence electrons. The Hall–Kier alpha value is -2.63. The molecule has 0 radical (unpaired) electrons. The number of carbonyl (C=O) groups is 1. The molecule has 3 aromatic heterocycles. The lowest BCUT2D eigenvalue weighted by Gasteiger charge is -2.16. The van der Waals surface area contributed by atoms with Crippen molar-refractivity contribution in [2.45, 2.75) is 6.54 Å². The smallest absolute Gasteiger partial charge is 0.170 e. The van der Waals surface area contributed by atoms with Crippen LogP contribution in [0.15, 0.2) is 36.8 Å². The molecular formula is C14H15N5O. The SMILES string of the molecule is CN(Cc1nccn1C)c1nc2ccccn2c1C=O. The van der Waals surface area contributed by atoms with Gasteiger partial charge in [-0.25, -0.2) is 9.97 Å². The van der Waals surface area contributed by atoms with E-state index in [1.54, 1.807) is 10.6 Å². The summed E-state index contributed by atoms with van der Waals surface area (Å²) in [7, 11) is 3.85. The van der Waals surface area contributed by atoms with Crippen molar-refractivity contribution in [2.24, 2.45) is 7.05 Å². The van der Waals surface area contributed by atoms with Gasteiger partial charge in [-0.1, -0.05) is 6.07 Å². The van der Waals surface area contributed by atoms with Crippen molar-refractivity contribution in [2.75, 3.05) is 11.9 Å². The normalized spacial score (nSPS) is 10.9. The van der Waals surface area contributed by atoms with Gasteiger partial charge in [-0.05, 0) is 12.1 Å². The summed E-state index contributed by atoms with van der Waals surface area (Å²) < 4.78 is 3.74. The third kappa shape index (κ3) is 1.95. The van der Waals surface area contributed by atoms with Crippen LogP contribution in [-0.4, -0.2) is 32.3 Å².